The maximum atomic E-state index is 11.4. The van der Waals surface area contributed by atoms with Gasteiger partial charge in [-0.3, -0.25) is 0 Å². The largest absolute Gasteiger partial charge is 0.445 e. The highest BCUT2D eigenvalue weighted by Gasteiger charge is 1.99. The van der Waals surface area contributed by atoms with E-state index in [0.29, 0.717) is 13.2 Å². The zero-order valence-corrected chi connectivity index (χ0v) is 11.6. The van der Waals surface area contributed by atoms with E-state index in [1.807, 2.05) is 36.4 Å². The lowest BCUT2D eigenvalue weighted by molar-refractivity contribution is 0.157. The quantitative estimate of drug-likeness (QED) is 0.566. The number of hydrogen-bond acceptors (Lipinski definition) is 2. The number of amides is 1. The molecule has 19 heavy (non-hydrogen) atoms. The molecule has 1 aromatic rings. The summed E-state index contributed by atoms with van der Waals surface area (Å²) in [5.41, 5.74) is 1.06. The standard InChI is InChI=1S/C16H23NO2/c1-2-3-4-5-6-10-13-19-16(18)17-14-15-11-8-7-9-12-15/h6-12H,2-5,13-14H2,1H3,(H,17,18)/b10-6+. The molecule has 0 aliphatic carbocycles. The average molecular weight is 261 g/mol. The van der Waals surface area contributed by atoms with Gasteiger partial charge >= 0.3 is 6.09 Å². The van der Waals surface area contributed by atoms with E-state index in [9.17, 15) is 4.79 Å². The third-order valence-corrected chi connectivity index (χ3v) is 2.73. The molecular weight excluding hydrogens is 238 g/mol. The molecule has 1 aromatic carbocycles. The summed E-state index contributed by atoms with van der Waals surface area (Å²) in [7, 11) is 0. The Balaban J connectivity index is 2.05. The molecule has 0 saturated carbocycles. The lowest BCUT2D eigenvalue weighted by Gasteiger charge is -2.05. The van der Waals surface area contributed by atoms with Crippen LogP contribution in [0.15, 0.2) is 42.5 Å². The van der Waals surface area contributed by atoms with Gasteiger partial charge in [0.1, 0.15) is 6.61 Å². The molecule has 0 bridgehead atoms. The normalized spacial score (nSPS) is 10.6. The highest BCUT2D eigenvalue weighted by atomic mass is 16.5. The molecule has 3 heteroatoms. The van der Waals surface area contributed by atoms with Gasteiger partial charge in [0, 0.05) is 6.54 Å². The molecule has 0 fully saturated rings. The summed E-state index contributed by atoms with van der Waals surface area (Å²) in [6.45, 7) is 3.02. The van der Waals surface area contributed by atoms with E-state index in [0.717, 1.165) is 12.0 Å². The Morgan fingerprint density at radius 2 is 2.00 bits per heavy atom. The van der Waals surface area contributed by atoms with Gasteiger partial charge in [-0.1, -0.05) is 62.2 Å². The van der Waals surface area contributed by atoms with Crippen molar-refractivity contribution in [1.82, 2.24) is 5.32 Å². The van der Waals surface area contributed by atoms with Gasteiger partial charge in [-0.25, -0.2) is 4.79 Å². The Morgan fingerprint density at radius 3 is 2.74 bits per heavy atom. The van der Waals surface area contributed by atoms with Gasteiger partial charge in [0.2, 0.25) is 0 Å². The minimum atomic E-state index is -0.373. The van der Waals surface area contributed by atoms with E-state index in [4.69, 9.17) is 4.74 Å². The highest BCUT2D eigenvalue weighted by Crippen LogP contribution is 2.00. The number of alkyl carbamates (subject to hydrolysis) is 1. The molecule has 0 spiro atoms. The number of benzene rings is 1. The molecule has 1 rings (SSSR count). The molecule has 0 aliphatic heterocycles. The average Bonchev–Trinajstić information content (AvgIpc) is 2.45. The van der Waals surface area contributed by atoms with Crippen LogP contribution in [0.4, 0.5) is 4.79 Å². The van der Waals surface area contributed by atoms with E-state index in [2.05, 4.69) is 18.3 Å². The van der Waals surface area contributed by atoms with Crippen LogP contribution in [0.5, 0.6) is 0 Å². The number of rotatable bonds is 8. The van der Waals surface area contributed by atoms with E-state index in [1.165, 1.54) is 19.3 Å². The van der Waals surface area contributed by atoms with Gasteiger partial charge in [0.05, 0.1) is 0 Å². The van der Waals surface area contributed by atoms with Gasteiger partial charge in [-0.2, -0.15) is 0 Å². The first-order valence-electron chi connectivity index (χ1n) is 6.92. The molecule has 1 amide bonds. The van der Waals surface area contributed by atoms with Gasteiger partial charge in [0.15, 0.2) is 0 Å². The summed E-state index contributed by atoms with van der Waals surface area (Å²) in [5, 5.41) is 2.72. The van der Waals surface area contributed by atoms with Crippen LogP contribution in [0, 0.1) is 0 Å². The van der Waals surface area contributed by atoms with Crippen LogP contribution < -0.4 is 5.32 Å². The van der Waals surface area contributed by atoms with Crippen molar-refractivity contribution in [2.75, 3.05) is 6.61 Å². The summed E-state index contributed by atoms with van der Waals surface area (Å²) < 4.78 is 5.03. The fourth-order valence-corrected chi connectivity index (χ4v) is 1.64. The van der Waals surface area contributed by atoms with E-state index in [1.54, 1.807) is 0 Å². The van der Waals surface area contributed by atoms with Crippen molar-refractivity contribution in [3.8, 4) is 0 Å². The topological polar surface area (TPSA) is 38.3 Å². The van der Waals surface area contributed by atoms with Crippen molar-refractivity contribution in [3.05, 3.63) is 48.0 Å². The number of unbranched alkanes of at least 4 members (excludes halogenated alkanes) is 3. The van der Waals surface area contributed by atoms with Crippen LogP contribution >= 0.6 is 0 Å². The zero-order chi connectivity index (χ0) is 13.8. The number of carbonyl (C=O) groups is 1. The highest BCUT2D eigenvalue weighted by molar-refractivity contribution is 5.67. The fourth-order valence-electron chi connectivity index (χ4n) is 1.64. The van der Waals surface area contributed by atoms with Gasteiger partial charge in [-0.05, 0) is 18.4 Å². The van der Waals surface area contributed by atoms with Gasteiger partial charge < -0.3 is 10.1 Å². The van der Waals surface area contributed by atoms with Crippen LogP contribution in [-0.4, -0.2) is 12.7 Å². The molecule has 1 N–H and O–H groups in total. The van der Waals surface area contributed by atoms with Crippen molar-refractivity contribution < 1.29 is 9.53 Å². The maximum Gasteiger partial charge on any atom is 0.407 e. The van der Waals surface area contributed by atoms with Crippen molar-refractivity contribution in [2.24, 2.45) is 0 Å². The first-order chi connectivity index (χ1) is 9.33. The summed E-state index contributed by atoms with van der Waals surface area (Å²) in [4.78, 5) is 11.4. The molecule has 3 nitrogen and oxygen atoms in total. The minimum absolute atomic E-state index is 0.340. The SMILES string of the molecule is CCCCC/C=C/COC(=O)NCc1ccccc1. The summed E-state index contributed by atoms with van der Waals surface area (Å²) in [5.74, 6) is 0. The summed E-state index contributed by atoms with van der Waals surface area (Å²) in [6, 6.07) is 9.77. The first-order valence-corrected chi connectivity index (χ1v) is 6.92. The van der Waals surface area contributed by atoms with Crippen molar-refractivity contribution in [3.63, 3.8) is 0 Å². The van der Waals surface area contributed by atoms with Crippen molar-refractivity contribution in [2.45, 2.75) is 39.2 Å². The van der Waals surface area contributed by atoms with Crippen LogP contribution in [0.1, 0.15) is 38.2 Å². The Bertz CT molecular complexity index is 374. The molecule has 0 heterocycles. The molecule has 104 valence electrons. The first kappa shape index (κ1) is 15.3. The predicted octanol–water partition coefficient (Wildman–Crippen LogP) is 4.05. The number of hydrogen-bond donors (Lipinski definition) is 1. The zero-order valence-electron chi connectivity index (χ0n) is 11.6. The fraction of sp³-hybridized carbons (Fsp3) is 0.438. The minimum Gasteiger partial charge on any atom is -0.445 e. The molecular formula is C16H23NO2. The number of allylic oxidation sites excluding steroid dienone is 1. The monoisotopic (exact) mass is 261 g/mol. The molecule has 0 atom stereocenters. The molecule has 0 aromatic heterocycles. The molecule has 0 aliphatic rings. The van der Waals surface area contributed by atoms with Crippen molar-refractivity contribution >= 4 is 6.09 Å². The molecule has 0 saturated heterocycles. The second-order valence-electron chi connectivity index (χ2n) is 4.40. The summed E-state index contributed by atoms with van der Waals surface area (Å²) in [6.07, 6.45) is 8.34. The van der Waals surface area contributed by atoms with E-state index < -0.39 is 0 Å². The summed E-state index contributed by atoms with van der Waals surface area (Å²) >= 11 is 0. The second kappa shape index (κ2) is 10.2. The Kier molecular flexibility index (Phi) is 8.19. The third-order valence-electron chi connectivity index (χ3n) is 2.73. The third kappa shape index (κ3) is 8.03. The Labute approximate surface area is 115 Å². The van der Waals surface area contributed by atoms with Crippen LogP contribution in [-0.2, 0) is 11.3 Å². The van der Waals surface area contributed by atoms with Crippen molar-refractivity contribution in [1.29, 1.82) is 0 Å². The number of nitrogens with one attached hydrogen (secondary N) is 1. The number of carbonyl (C=O) groups excluding carboxylic acids is 1. The lowest BCUT2D eigenvalue weighted by Crippen LogP contribution is -2.23. The van der Waals surface area contributed by atoms with Gasteiger partial charge in [0.25, 0.3) is 0 Å². The van der Waals surface area contributed by atoms with Crippen LogP contribution in [0.3, 0.4) is 0 Å². The van der Waals surface area contributed by atoms with Crippen LogP contribution in [0.2, 0.25) is 0 Å². The molecule has 0 unspecified atom stereocenters. The smallest absolute Gasteiger partial charge is 0.407 e. The molecule has 0 radical (unpaired) electrons. The predicted molar refractivity (Wildman–Crippen MR) is 77.9 cm³/mol. The Morgan fingerprint density at radius 1 is 1.21 bits per heavy atom. The Hall–Kier alpha value is -1.77. The van der Waals surface area contributed by atoms with E-state index >= 15 is 0 Å². The lowest BCUT2D eigenvalue weighted by atomic mass is 10.2. The second-order valence-corrected chi connectivity index (χ2v) is 4.40. The van der Waals surface area contributed by atoms with E-state index in [-0.39, 0.29) is 6.09 Å². The van der Waals surface area contributed by atoms with Gasteiger partial charge in [-0.15, -0.1) is 0 Å². The van der Waals surface area contributed by atoms with Crippen LogP contribution in [0.25, 0.3) is 0 Å². The maximum absolute atomic E-state index is 11.4. The number of ether oxygens (including phenoxy) is 1.